The maximum absolute atomic E-state index is 12.8. The Morgan fingerprint density at radius 1 is 1.21 bits per heavy atom. The molecule has 0 aliphatic carbocycles. The molecule has 2 aliphatic heterocycles. The lowest BCUT2D eigenvalue weighted by Gasteiger charge is -2.34. The largest absolute Gasteiger partial charge is 0.326 e. The molecule has 0 unspecified atom stereocenters. The van der Waals surface area contributed by atoms with Crippen molar-refractivity contribution in [3.63, 3.8) is 0 Å². The number of imide groups is 1. The molecule has 2 saturated heterocycles. The number of rotatable bonds is 3. The number of carbonyl (C=O) groups is 3. The first-order valence-corrected chi connectivity index (χ1v) is 8.44. The van der Waals surface area contributed by atoms with Gasteiger partial charge in [-0.05, 0) is 49.6 Å². The van der Waals surface area contributed by atoms with Gasteiger partial charge in [0.1, 0.15) is 0 Å². The Morgan fingerprint density at radius 3 is 2.54 bits per heavy atom. The number of piperidine rings is 1. The van der Waals surface area contributed by atoms with Gasteiger partial charge >= 0.3 is 0 Å². The van der Waals surface area contributed by atoms with Crippen LogP contribution in [-0.2, 0) is 14.4 Å². The van der Waals surface area contributed by atoms with Gasteiger partial charge in [-0.3, -0.25) is 19.3 Å². The van der Waals surface area contributed by atoms with Crippen LogP contribution in [0.25, 0.3) is 0 Å². The zero-order valence-corrected chi connectivity index (χ0v) is 14.1. The van der Waals surface area contributed by atoms with Crippen molar-refractivity contribution in [3.05, 3.63) is 24.3 Å². The zero-order chi connectivity index (χ0) is 17.3. The summed E-state index contributed by atoms with van der Waals surface area (Å²) in [4.78, 5) is 39.7. The molecule has 3 rings (SSSR count). The molecule has 2 aliphatic rings. The van der Waals surface area contributed by atoms with Crippen LogP contribution in [0.5, 0.6) is 0 Å². The summed E-state index contributed by atoms with van der Waals surface area (Å²) in [5.41, 5.74) is 1.21. The molecule has 0 aromatic heterocycles. The van der Waals surface area contributed by atoms with Crippen LogP contribution in [0.4, 0.5) is 11.4 Å². The molecule has 0 bridgehead atoms. The average molecular weight is 329 g/mol. The van der Waals surface area contributed by atoms with Crippen molar-refractivity contribution in [2.75, 3.05) is 23.3 Å². The average Bonchev–Trinajstić information content (AvgIpc) is 2.83. The highest BCUT2D eigenvalue weighted by atomic mass is 16.2. The van der Waals surface area contributed by atoms with Crippen molar-refractivity contribution in [3.8, 4) is 0 Å². The van der Waals surface area contributed by atoms with Crippen LogP contribution in [0.1, 0.15) is 33.1 Å². The molecule has 6 heteroatoms. The van der Waals surface area contributed by atoms with Crippen LogP contribution in [-0.4, -0.2) is 41.8 Å². The normalized spacial score (nSPS) is 25.2. The van der Waals surface area contributed by atoms with Crippen LogP contribution in [0.2, 0.25) is 0 Å². The number of nitrogens with one attached hydrogen (secondary N) is 1. The van der Waals surface area contributed by atoms with Gasteiger partial charge in [-0.25, -0.2) is 4.90 Å². The Kier molecular flexibility index (Phi) is 4.66. The smallest absolute Gasteiger partial charge is 0.251 e. The molecule has 0 saturated carbocycles. The van der Waals surface area contributed by atoms with Crippen molar-refractivity contribution < 1.29 is 14.4 Å². The molecule has 2 atom stereocenters. The number of anilines is 2. The summed E-state index contributed by atoms with van der Waals surface area (Å²) in [5, 5.41) is 2.67. The number of hydrogen-bond donors (Lipinski definition) is 1. The quantitative estimate of drug-likeness (QED) is 0.861. The molecular weight excluding hydrogens is 306 g/mol. The third kappa shape index (κ3) is 3.33. The van der Waals surface area contributed by atoms with Crippen LogP contribution in [0.3, 0.4) is 0 Å². The number of hydrogen-bond acceptors (Lipinski definition) is 4. The molecule has 2 fully saturated rings. The SMILES string of the molecule is CC(=O)Nc1ccc(N2C(=O)C[C@@H](N3CCC[C@H](C)C3)C2=O)cc1. The molecule has 1 aromatic carbocycles. The van der Waals surface area contributed by atoms with Gasteiger partial charge < -0.3 is 5.32 Å². The van der Waals surface area contributed by atoms with Crippen molar-refractivity contribution in [1.29, 1.82) is 0 Å². The Labute approximate surface area is 141 Å². The van der Waals surface area contributed by atoms with Crippen LogP contribution in [0.15, 0.2) is 24.3 Å². The predicted molar refractivity (Wildman–Crippen MR) is 91.6 cm³/mol. The Bertz CT molecular complexity index is 656. The second-order valence-corrected chi connectivity index (χ2v) is 6.76. The fourth-order valence-electron chi connectivity index (χ4n) is 3.58. The predicted octanol–water partition coefficient (Wildman–Crippen LogP) is 2.01. The van der Waals surface area contributed by atoms with Crippen LogP contribution >= 0.6 is 0 Å². The highest BCUT2D eigenvalue weighted by molar-refractivity contribution is 6.22. The lowest BCUT2D eigenvalue weighted by atomic mass is 9.98. The van der Waals surface area contributed by atoms with Crippen molar-refractivity contribution in [2.24, 2.45) is 5.92 Å². The molecule has 128 valence electrons. The van der Waals surface area contributed by atoms with Crippen molar-refractivity contribution >= 4 is 29.1 Å². The molecule has 0 spiro atoms. The summed E-state index contributed by atoms with van der Waals surface area (Å²) >= 11 is 0. The van der Waals surface area contributed by atoms with Gasteiger partial charge in [0.05, 0.1) is 18.2 Å². The maximum atomic E-state index is 12.8. The molecule has 2 heterocycles. The van der Waals surface area contributed by atoms with E-state index in [0.717, 1.165) is 19.5 Å². The number of likely N-dealkylation sites (tertiary alicyclic amines) is 1. The van der Waals surface area contributed by atoms with E-state index in [0.29, 0.717) is 17.3 Å². The summed E-state index contributed by atoms with van der Waals surface area (Å²) in [6, 6.07) is 6.46. The minimum absolute atomic E-state index is 0.138. The third-order valence-corrected chi connectivity index (χ3v) is 4.70. The Morgan fingerprint density at radius 2 is 1.92 bits per heavy atom. The van der Waals surface area contributed by atoms with E-state index in [1.807, 2.05) is 0 Å². The first-order valence-electron chi connectivity index (χ1n) is 8.44. The van der Waals surface area contributed by atoms with Crippen molar-refractivity contribution in [1.82, 2.24) is 4.90 Å². The van der Waals surface area contributed by atoms with Crippen LogP contribution in [0, 0.1) is 5.92 Å². The van der Waals surface area contributed by atoms with Gasteiger partial charge in [-0.2, -0.15) is 0 Å². The van der Waals surface area contributed by atoms with Gasteiger partial charge in [0.15, 0.2) is 0 Å². The Balaban J connectivity index is 1.75. The van der Waals surface area contributed by atoms with E-state index in [1.165, 1.54) is 18.2 Å². The van der Waals surface area contributed by atoms with Gasteiger partial charge in [0.25, 0.3) is 5.91 Å². The topological polar surface area (TPSA) is 69.7 Å². The van der Waals surface area contributed by atoms with Crippen molar-refractivity contribution in [2.45, 2.75) is 39.2 Å². The van der Waals surface area contributed by atoms with Gasteiger partial charge in [-0.15, -0.1) is 0 Å². The number of benzene rings is 1. The van der Waals surface area contributed by atoms with E-state index in [2.05, 4.69) is 17.1 Å². The second kappa shape index (κ2) is 6.73. The molecular formula is C18H23N3O3. The standard InChI is InChI=1S/C18H23N3O3/c1-12-4-3-9-20(11-12)16-10-17(23)21(18(16)24)15-7-5-14(6-8-15)19-13(2)22/h5-8,12,16H,3-4,9-11H2,1-2H3,(H,19,22)/t12-,16+/m0/s1. The van der Waals surface area contributed by atoms with Gasteiger partial charge in [-0.1, -0.05) is 6.92 Å². The highest BCUT2D eigenvalue weighted by Crippen LogP contribution is 2.29. The number of carbonyl (C=O) groups excluding carboxylic acids is 3. The first-order chi connectivity index (χ1) is 11.5. The van der Waals surface area contributed by atoms with E-state index >= 15 is 0 Å². The molecule has 1 aromatic rings. The molecule has 1 N–H and O–H groups in total. The van der Waals surface area contributed by atoms with E-state index in [1.54, 1.807) is 24.3 Å². The Hall–Kier alpha value is -2.21. The number of amides is 3. The summed E-state index contributed by atoms with van der Waals surface area (Å²) in [7, 11) is 0. The van der Waals surface area contributed by atoms with E-state index in [4.69, 9.17) is 0 Å². The minimum atomic E-state index is -0.338. The highest BCUT2D eigenvalue weighted by Gasteiger charge is 2.43. The first kappa shape index (κ1) is 16.6. The fourth-order valence-corrected chi connectivity index (χ4v) is 3.58. The van der Waals surface area contributed by atoms with Crippen LogP contribution < -0.4 is 10.2 Å². The monoisotopic (exact) mass is 329 g/mol. The summed E-state index contributed by atoms with van der Waals surface area (Å²) in [6.07, 6.45) is 2.50. The zero-order valence-electron chi connectivity index (χ0n) is 14.1. The molecule has 6 nitrogen and oxygen atoms in total. The summed E-state index contributed by atoms with van der Waals surface area (Å²) < 4.78 is 0. The number of nitrogens with zero attached hydrogens (tertiary/aromatic N) is 2. The third-order valence-electron chi connectivity index (χ3n) is 4.70. The fraction of sp³-hybridized carbons (Fsp3) is 0.500. The van der Waals surface area contributed by atoms with Gasteiger partial charge in [0.2, 0.25) is 11.8 Å². The lowest BCUT2D eigenvalue weighted by molar-refractivity contribution is -0.123. The summed E-state index contributed by atoms with van der Waals surface area (Å²) in [6.45, 7) is 5.37. The molecule has 0 radical (unpaired) electrons. The van der Waals surface area contributed by atoms with E-state index < -0.39 is 0 Å². The maximum Gasteiger partial charge on any atom is 0.251 e. The summed E-state index contributed by atoms with van der Waals surface area (Å²) in [5.74, 6) is 0.111. The lowest BCUT2D eigenvalue weighted by Crippen LogP contribution is -2.46. The molecule has 3 amide bonds. The van der Waals surface area contributed by atoms with Gasteiger partial charge in [0, 0.05) is 19.2 Å². The molecule has 24 heavy (non-hydrogen) atoms. The van der Waals surface area contributed by atoms with E-state index in [-0.39, 0.29) is 30.2 Å². The van der Waals surface area contributed by atoms with E-state index in [9.17, 15) is 14.4 Å². The second-order valence-electron chi connectivity index (χ2n) is 6.76. The minimum Gasteiger partial charge on any atom is -0.326 e.